The third-order valence-corrected chi connectivity index (χ3v) is 4.19. The van der Waals surface area contributed by atoms with Crippen molar-refractivity contribution in [3.8, 4) is 0 Å². The molecule has 0 aliphatic carbocycles. The average Bonchev–Trinajstić information content (AvgIpc) is 2.92. The maximum atomic E-state index is 12.6. The molecule has 1 aliphatic heterocycles. The lowest BCUT2D eigenvalue weighted by Crippen LogP contribution is -2.25. The second kappa shape index (κ2) is 6.25. The molecule has 1 aromatic heterocycles. The molecule has 0 bridgehead atoms. The summed E-state index contributed by atoms with van der Waals surface area (Å²) in [6.45, 7) is 1.30. The molecule has 23 heavy (non-hydrogen) atoms. The summed E-state index contributed by atoms with van der Waals surface area (Å²) in [6.07, 6.45) is 0.732. The fourth-order valence-corrected chi connectivity index (χ4v) is 3.00. The van der Waals surface area contributed by atoms with Crippen LogP contribution >= 0.6 is 11.8 Å². The standard InChI is InChI=1S/C14H13F3N4OS/c15-14(16,17)23-11-4-2-1-3-10(11)19-13(22)12-8-7-18-6-5-9(8)20-21-12/h1-4,18H,5-7H2,(H,19,22)(H,20,21). The highest BCUT2D eigenvalue weighted by Gasteiger charge is 2.31. The van der Waals surface area contributed by atoms with E-state index in [0.29, 0.717) is 6.54 Å². The number of fused-ring (bicyclic) bond motifs is 1. The number of hydrogen-bond donors (Lipinski definition) is 3. The molecule has 1 aliphatic rings. The smallest absolute Gasteiger partial charge is 0.320 e. The van der Waals surface area contributed by atoms with Crippen LogP contribution in [-0.4, -0.2) is 28.2 Å². The molecule has 0 fully saturated rings. The second-order valence-corrected chi connectivity index (χ2v) is 6.06. The molecule has 0 spiro atoms. The number of benzene rings is 1. The molecule has 1 amide bonds. The highest BCUT2D eigenvalue weighted by atomic mass is 32.2. The summed E-state index contributed by atoms with van der Waals surface area (Å²) in [5.41, 5.74) is -2.46. The first-order valence-electron chi connectivity index (χ1n) is 6.87. The van der Waals surface area contributed by atoms with Gasteiger partial charge in [0, 0.05) is 35.7 Å². The molecule has 0 radical (unpaired) electrons. The Morgan fingerprint density at radius 3 is 2.87 bits per heavy atom. The molecular weight excluding hydrogens is 329 g/mol. The van der Waals surface area contributed by atoms with Gasteiger partial charge in [-0.2, -0.15) is 18.3 Å². The Bertz CT molecular complexity index is 729. The fraction of sp³-hybridized carbons (Fsp3) is 0.286. The van der Waals surface area contributed by atoms with Crippen molar-refractivity contribution in [2.45, 2.75) is 23.4 Å². The largest absolute Gasteiger partial charge is 0.446 e. The van der Waals surface area contributed by atoms with Gasteiger partial charge in [-0.15, -0.1) is 0 Å². The minimum atomic E-state index is -4.42. The Morgan fingerprint density at radius 1 is 1.30 bits per heavy atom. The van der Waals surface area contributed by atoms with Crippen molar-refractivity contribution in [2.24, 2.45) is 0 Å². The van der Waals surface area contributed by atoms with Crippen LogP contribution in [0, 0.1) is 0 Å². The lowest BCUT2D eigenvalue weighted by atomic mass is 10.1. The number of thioether (sulfide) groups is 1. The van der Waals surface area contributed by atoms with Crippen molar-refractivity contribution in [2.75, 3.05) is 11.9 Å². The van der Waals surface area contributed by atoms with Gasteiger partial charge in [-0.1, -0.05) is 12.1 Å². The first kappa shape index (κ1) is 15.9. The summed E-state index contributed by atoms with van der Waals surface area (Å²) in [4.78, 5) is 12.3. The molecule has 3 rings (SSSR count). The zero-order chi connectivity index (χ0) is 16.4. The summed E-state index contributed by atoms with van der Waals surface area (Å²) in [6, 6.07) is 5.81. The monoisotopic (exact) mass is 342 g/mol. The first-order valence-corrected chi connectivity index (χ1v) is 7.68. The van der Waals surface area contributed by atoms with Gasteiger partial charge in [0.05, 0.1) is 5.69 Å². The summed E-state index contributed by atoms with van der Waals surface area (Å²) in [5.74, 6) is -0.526. The van der Waals surface area contributed by atoms with Crippen molar-refractivity contribution in [3.63, 3.8) is 0 Å². The van der Waals surface area contributed by atoms with Crippen LogP contribution in [0.3, 0.4) is 0 Å². The van der Waals surface area contributed by atoms with Crippen molar-refractivity contribution in [3.05, 3.63) is 41.2 Å². The fourth-order valence-electron chi connectivity index (χ4n) is 2.38. The Kier molecular flexibility index (Phi) is 4.31. The number of hydrogen-bond acceptors (Lipinski definition) is 4. The van der Waals surface area contributed by atoms with E-state index < -0.39 is 11.4 Å². The second-order valence-electron chi connectivity index (χ2n) is 4.95. The van der Waals surface area contributed by atoms with E-state index in [1.807, 2.05) is 0 Å². The van der Waals surface area contributed by atoms with Crippen LogP contribution < -0.4 is 10.6 Å². The van der Waals surface area contributed by atoms with Gasteiger partial charge < -0.3 is 10.6 Å². The van der Waals surface area contributed by atoms with Gasteiger partial charge >= 0.3 is 5.51 Å². The highest BCUT2D eigenvalue weighted by molar-refractivity contribution is 8.00. The summed E-state index contributed by atoms with van der Waals surface area (Å²) in [7, 11) is 0. The van der Waals surface area contributed by atoms with Crippen molar-refractivity contribution < 1.29 is 18.0 Å². The molecule has 122 valence electrons. The van der Waals surface area contributed by atoms with Gasteiger partial charge in [0.2, 0.25) is 0 Å². The number of alkyl halides is 3. The van der Waals surface area contributed by atoms with Gasteiger partial charge in [-0.05, 0) is 23.9 Å². The molecular formula is C14H13F3N4OS. The molecule has 2 heterocycles. The molecule has 5 nitrogen and oxygen atoms in total. The minimum Gasteiger partial charge on any atom is -0.320 e. The molecule has 0 saturated carbocycles. The molecule has 0 unspecified atom stereocenters. The lowest BCUT2D eigenvalue weighted by molar-refractivity contribution is -0.0328. The van der Waals surface area contributed by atoms with Crippen LogP contribution in [0.5, 0.6) is 0 Å². The van der Waals surface area contributed by atoms with E-state index in [4.69, 9.17) is 0 Å². The SMILES string of the molecule is O=C(Nc1ccccc1SC(F)(F)F)c1n[nH]c2c1CNCC2. The van der Waals surface area contributed by atoms with Crippen molar-refractivity contribution >= 4 is 23.4 Å². The van der Waals surface area contributed by atoms with Gasteiger partial charge in [0.15, 0.2) is 5.69 Å². The zero-order valence-electron chi connectivity index (χ0n) is 11.8. The van der Waals surface area contributed by atoms with Crippen LogP contribution in [0.25, 0.3) is 0 Å². The number of anilines is 1. The quantitative estimate of drug-likeness (QED) is 0.750. The van der Waals surface area contributed by atoms with Gasteiger partial charge in [0.25, 0.3) is 5.91 Å². The Hall–Kier alpha value is -2.00. The number of halogens is 3. The number of amides is 1. The van der Waals surface area contributed by atoms with Crippen LogP contribution in [0.2, 0.25) is 0 Å². The first-order chi connectivity index (χ1) is 10.9. The van der Waals surface area contributed by atoms with E-state index in [1.165, 1.54) is 18.2 Å². The predicted molar refractivity (Wildman–Crippen MR) is 80.3 cm³/mol. The topological polar surface area (TPSA) is 69.8 Å². The molecule has 0 saturated heterocycles. The molecule has 1 aromatic carbocycles. The lowest BCUT2D eigenvalue weighted by Gasteiger charge is -2.14. The van der Waals surface area contributed by atoms with E-state index in [1.54, 1.807) is 6.07 Å². The predicted octanol–water partition coefficient (Wildman–Crippen LogP) is 2.92. The van der Waals surface area contributed by atoms with Crippen LogP contribution in [0.15, 0.2) is 29.2 Å². The molecule has 2 aromatic rings. The summed E-state index contributed by atoms with van der Waals surface area (Å²) < 4.78 is 37.7. The van der Waals surface area contributed by atoms with E-state index in [0.717, 1.165) is 24.2 Å². The van der Waals surface area contributed by atoms with Crippen molar-refractivity contribution in [1.29, 1.82) is 0 Å². The minimum absolute atomic E-state index is 0.0594. The third kappa shape index (κ3) is 3.67. The number of carbonyl (C=O) groups is 1. The van der Waals surface area contributed by atoms with E-state index >= 15 is 0 Å². The van der Waals surface area contributed by atoms with Gasteiger partial charge in [-0.3, -0.25) is 9.89 Å². The highest BCUT2D eigenvalue weighted by Crippen LogP contribution is 2.40. The van der Waals surface area contributed by atoms with Gasteiger partial charge in [-0.25, -0.2) is 0 Å². The van der Waals surface area contributed by atoms with Crippen LogP contribution in [0.1, 0.15) is 21.7 Å². The summed E-state index contributed by atoms with van der Waals surface area (Å²) in [5, 5.41) is 12.5. The molecule has 9 heteroatoms. The van der Waals surface area contributed by atoms with Gasteiger partial charge in [0.1, 0.15) is 0 Å². The Labute approximate surface area is 134 Å². The van der Waals surface area contributed by atoms with Crippen LogP contribution in [0.4, 0.5) is 18.9 Å². The normalized spacial score (nSPS) is 14.4. The number of nitrogens with one attached hydrogen (secondary N) is 3. The zero-order valence-corrected chi connectivity index (χ0v) is 12.6. The average molecular weight is 342 g/mol. The van der Waals surface area contributed by atoms with E-state index in [9.17, 15) is 18.0 Å². The number of carbonyl (C=O) groups excluding carboxylic acids is 1. The number of nitrogens with zero attached hydrogens (tertiary/aromatic N) is 1. The summed E-state index contributed by atoms with van der Waals surface area (Å²) >= 11 is -0.260. The van der Waals surface area contributed by atoms with E-state index in [2.05, 4.69) is 20.8 Å². The number of H-pyrrole nitrogens is 1. The number of para-hydroxylation sites is 1. The molecule has 3 N–H and O–H groups in total. The maximum absolute atomic E-state index is 12.6. The maximum Gasteiger partial charge on any atom is 0.446 e. The molecule has 0 atom stereocenters. The number of aromatic amines is 1. The van der Waals surface area contributed by atoms with Crippen molar-refractivity contribution in [1.82, 2.24) is 15.5 Å². The van der Waals surface area contributed by atoms with Crippen LogP contribution in [-0.2, 0) is 13.0 Å². The Morgan fingerprint density at radius 2 is 2.09 bits per heavy atom. The number of rotatable bonds is 3. The Balaban J connectivity index is 1.82. The third-order valence-electron chi connectivity index (χ3n) is 3.38. The van der Waals surface area contributed by atoms with E-state index in [-0.39, 0.29) is 28.0 Å². The number of aromatic nitrogens is 2.